The van der Waals surface area contributed by atoms with Crippen LogP contribution in [-0.2, 0) is 4.74 Å². The van der Waals surface area contributed by atoms with Crippen LogP contribution in [0, 0.1) is 0 Å². The minimum absolute atomic E-state index is 0.148. The van der Waals surface area contributed by atoms with Crippen molar-refractivity contribution in [1.29, 1.82) is 0 Å². The van der Waals surface area contributed by atoms with E-state index >= 15 is 0 Å². The number of rotatable bonds is 2. The molecule has 2 aromatic rings. The number of carbonyl (C=O) groups excluding carboxylic acids is 3. The number of carbonyl (C=O) groups is 3. The van der Waals surface area contributed by atoms with Crippen molar-refractivity contribution in [2.75, 3.05) is 13.1 Å². The summed E-state index contributed by atoms with van der Waals surface area (Å²) in [5.74, 6) is -0.318. The Morgan fingerprint density at radius 1 is 0.889 bits per heavy atom. The molecule has 0 saturated carbocycles. The molecule has 2 aromatic carbocycles. The maximum Gasteiger partial charge on any atom is 0.410 e. The monoisotopic (exact) mass is 363 g/mol. The van der Waals surface area contributed by atoms with E-state index in [0.717, 1.165) is 32.4 Å². The van der Waals surface area contributed by atoms with Crippen molar-refractivity contribution >= 4 is 17.7 Å². The van der Waals surface area contributed by atoms with E-state index in [1.54, 1.807) is 54.3 Å². The van der Waals surface area contributed by atoms with Gasteiger partial charge in [-0.1, -0.05) is 30.3 Å². The summed E-state index contributed by atoms with van der Waals surface area (Å²) in [6.07, 6.45) is 2.32. The lowest BCUT2D eigenvalue weighted by Gasteiger charge is -2.27. The summed E-state index contributed by atoms with van der Waals surface area (Å²) in [6.45, 7) is 3.23. The van der Waals surface area contributed by atoms with Gasteiger partial charge in [-0.15, -0.1) is 0 Å². The van der Waals surface area contributed by atoms with Gasteiger partial charge in [0, 0.05) is 35.3 Å². The fourth-order valence-electron chi connectivity index (χ4n) is 3.74. The van der Waals surface area contributed by atoms with Crippen LogP contribution in [-0.4, -0.2) is 35.6 Å². The molecule has 1 fully saturated rings. The van der Waals surface area contributed by atoms with Gasteiger partial charge in [0.05, 0.1) is 0 Å². The molecule has 1 saturated heterocycles. The molecule has 1 amide bonds. The predicted molar refractivity (Wildman–Crippen MR) is 100 cm³/mol. The van der Waals surface area contributed by atoms with Crippen LogP contribution in [0.4, 0.5) is 4.79 Å². The highest BCUT2D eigenvalue weighted by Crippen LogP contribution is 2.30. The predicted octanol–water partition coefficient (Wildman–Crippen LogP) is 4.15. The molecule has 1 heterocycles. The van der Waals surface area contributed by atoms with Crippen LogP contribution < -0.4 is 0 Å². The Labute approximate surface area is 157 Å². The molecule has 1 atom stereocenters. The zero-order valence-electron chi connectivity index (χ0n) is 15.2. The van der Waals surface area contributed by atoms with E-state index in [1.165, 1.54) is 0 Å². The average molecular weight is 363 g/mol. The van der Waals surface area contributed by atoms with E-state index in [1.807, 2.05) is 0 Å². The number of nitrogens with zero attached hydrogens (tertiary/aromatic N) is 1. The van der Waals surface area contributed by atoms with Gasteiger partial charge in [-0.3, -0.25) is 9.59 Å². The van der Waals surface area contributed by atoms with Gasteiger partial charge in [0.1, 0.15) is 6.10 Å². The molecule has 138 valence electrons. The molecule has 0 spiro atoms. The molecule has 4 rings (SSSR count). The third kappa shape index (κ3) is 3.14. The first-order chi connectivity index (χ1) is 13.1. The number of ether oxygens (including phenoxy) is 1. The molecule has 1 unspecified atom stereocenters. The highest BCUT2D eigenvalue weighted by Gasteiger charge is 2.30. The summed E-state index contributed by atoms with van der Waals surface area (Å²) in [4.78, 5) is 39.6. The number of fused-ring (bicyclic) bond motifs is 2. The Balaban J connectivity index is 1.58. The third-order valence-corrected chi connectivity index (χ3v) is 5.31. The summed E-state index contributed by atoms with van der Waals surface area (Å²) >= 11 is 0. The molecule has 0 N–H and O–H groups in total. The first-order valence-corrected chi connectivity index (χ1v) is 9.34. The number of amides is 1. The Bertz CT molecular complexity index is 928. The van der Waals surface area contributed by atoms with E-state index in [-0.39, 0.29) is 17.7 Å². The van der Waals surface area contributed by atoms with Gasteiger partial charge in [-0.2, -0.15) is 0 Å². The fourth-order valence-corrected chi connectivity index (χ4v) is 3.74. The Morgan fingerprint density at radius 2 is 1.48 bits per heavy atom. The largest absolute Gasteiger partial charge is 0.442 e. The first kappa shape index (κ1) is 17.5. The number of ketones is 2. The Morgan fingerprint density at radius 3 is 2.15 bits per heavy atom. The van der Waals surface area contributed by atoms with Gasteiger partial charge in [0.25, 0.3) is 0 Å². The lowest BCUT2D eigenvalue weighted by atomic mass is 9.83. The molecule has 5 heteroatoms. The van der Waals surface area contributed by atoms with Gasteiger partial charge >= 0.3 is 6.09 Å². The molecule has 0 radical (unpaired) electrons. The zero-order valence-corrected chi connectivity index (χ0v) is 15.2. The second kappa shape index (κ2) is 6.99. The lowest BCUT2D eigenvalue weighted by molar-refractivity contribution is 0.0642. The molecular formula is C22H21NO4. The van der Waals surface area contributed by atoms with Crippen molar-refractivity contribution in [1.82, 2.24) is 4.90 Å². The van der Waals surface area contributed by atoms with Crippen LogP contribution in [0.3, 0.4) is 0 Å². The van der Waals surface area contributed by atoms with Crippen molar-refractivity contribution in [3.05, 3.63) is 70.3 Å². The van der Waals surface area contributed by atoms with E-state index in [9.17, 15) is 14.4 Å². The molecular weight excluding hydrogens is 342 g/mol. The van der Waals surface area contributed by atoms with Crippen molar-refractivity contribution in [2.45, 2.75) is 32.3 Å². The number of likely N-dealkylation sites (tertiary alicyclic amines) is 1. The number of piperidine rings is 1. The van der Waals surface area contributed by atoms with Crippen molar-refractivity contribution in [3.63, 3.8) is 0 Å². The van der Waals surface area contributed by atoms with Gasteiger partial charge in [0.15, 0.2) is 11.6 Å². The van der Waals surface area contributed by atoms with Crippen LogP contribution >= 0.6 is 0 Å². The molecule has 27 heavy (non-hydrogen) atoms. The molecule has 0 bridgehead atoms. The molecule has 1 aliphatic carbocycles. The van der Waals surface area contributed by atoms with Crippen LogP contribution in [0.1, 0.15) is 69.7 Å². The van der Waals surface area contributed by atoms with E-state index in [4.69, 9.17) is 4.74 Å². The van der Waals surface area contributed by atoms with Crippen LogP contribution in [0.15, 0.2) is 42.5 Å². The summed E-state index contributed by atoms with van der Waals surface area (Å²) in [5, 5.41) is 0. The van der Waals surface area contributed by atoms with Gasteiger partial charge in [-0.25, -0.2) is 4.79 Å². The van der Waals surface area contributed by atoms with E-state index < -0.39 is 6.10 Å². The highest BCUT2D eigenvalue weighted by molar-refractivity contribution is 6.28. The van der Waals surface area contributed by atoms with Crippen molar-refractivity contribution in [3.8, 4) is 0 Å². The standard InChI is InChI=1S/C22H21NO4/c1-14(27-22(26)23-11-5-2-6-12-23)15-9-10-18-19(13-15)21(25)17-8-4-3-7-16(17)20(18)24/h3-4,7-10,13-14H,2,5-6,11-12H2,1H3. The van der Waals surface area contributed by atoms with E-state index in [2.05, 4.69) is 0 Å². The summed E-state index contributed by atoms with van der Waals surface area (Å²) in [6, 6.07) is 12.0. The average Bonchev–Trinajstić information content (AvgIpc) is 2.72. The highest BCUT2D eigenvalue weighted by atomic mass is 16.6. The maximum absolute atomic E-state index is 12.8. The first-order valence-electron chi connectivity index (χ1n) is 9.34. The third-order valence-electron chi connectivity index (χ3n) is 5.31. The van der Waals surface area contributed by atoms with Crippen LogP contribution in [0.2, 0.25) is 0 Å². The van der Waals surface area contributed by atoms with Crippen LogP contribution in [0.5, 0.6) is 0 Å². The summed E-state index contributed by atoms with van der Waals surface area (Å²) in [5.41, 5.74) is 2.34. The SMILES string of the molecule is CC(OC(=O)N1CCCCC1)c1ccc2c(c1)C(=O)c1ccccc1C2=O. The number of benzene rings is 2. The smallest absolute Gasteiger partial charge is 0.410 e. The Kier molecular flexibility index (Phi) is 4.52. The van der Waals surface area contributed by atoms with Gasteiger partial charge < -0.3 is 9.64 Å². The normalized spacial score (nSPS) is 17.1. The second-order valence-corrected chi connectivity index (χ2v) is 7.08. The van der Waals surface area contributed by atoms with Gasteiger partial charge in [0.2, 0.25) is 0 Å². The van der Waals surface area contributed by atoms with E-state index in [0.29, 0.717) is 27.8 Å². The maximum atomic E-state index is 12.8. The van der Waals surface area contributed by atoms with Gasteiger partial charge in [-0.05, 0) is 43.9 Å². The fraction of sp³-hybridized carbons (Fsp3) is 0.318. The molecule has 5 nitrogen and oxygen atoms in total. The molecule has 2 aliphatic rings. The molecule has 1 aliphatic heterocycles. The summed E-state index contributed by atoms with van der Waals surface area (Å²) in [7, 11) is 0. The number of hydrogen-bond acceptors (Lipinski definition) is 4. The second-order valence-electron chi connectivity index (χ2n) is 7.08. The summed E-state index contributed by atoms with van der Waals surface area (Å²) < 4.78 is 5.59. The lowest BCUT2D eigenvalue weighted by Crippen LogP contribution is -2.36. The minimum atomic E-state index is -0.496. The molecule has 0 aromatic heterocycles. The Hall–Kier alpha value is -2.95. The quantitative estimate of drug-likeness (QED) is 0.686. The topological polar surface area (TPSA) is 63.7 Å². The minimum Gasteiger partial charge on any atom is -0.442 e. The van der Waals surface area contributed by atoms with Crippen LogP contribution in [0.25, 0.3) is 0 Å². The van der Waals surface area contributed by atoms with Crippen molar-refractivity contribution in [2.24, 2.45) is 0 Å². The number of hydrogen-bond donors (Lipinski definition) is 0. The van der Waals surface area contributed by atoms with Crippen molar-refractivity contribution < 1.29 is 19.1 Å². The zero-order chi connectivity index (χ0) is 19.0.